The van der Waals surface area contributed by atoms with Gasteiger partial charge in [0.2, 0.25) is 0 Å². The van der Waals surface area contributed by atoms with Crippen molar-refractivity contribution in [2.75, 3.05) is 0 Å². The summed E-state index contributed by atoms with van der Waals surface area (Å²) in [5.41, 5.74) is 29.2. The van der Waals surface area contributed by atoms with E-state index in [2.05, 4.69) is 343 Å². The zero-order valence-corrected chi connectivity index (χ0v) is 51.3. The van der Waals surface area contributed by atoms with Crippen LogP contribution in [0.3, 0.4) is 0 Å². The van der Waals surface area contributed by atoms with Crippen molar-refractivity contribution < 1.29 is 0 Å². The number of hydrogen-bond acceptors (Lipinski definition) is 2. The van der Waals surface area contributed by atoms with E-state index in [1.165, 1.54) is 99.4 Å². The molecule has 0 aliphatic heterocycles. The van der Waals surface area contributed by atoms with Gasteiger partial charge in [-0.25, -0.2) is 9.97 Å². The predicted octanol–water partition coefficient (Wildman–Crippen LogP) is 22.0. The molecule has 438 valence electrons. The number of rotatable bonds is 7. The van der Waals surface area contributed by atoms with Crippen LogP contribution < -0.4 is 0 Å². The van der Waals surface area contributed by atoms with Crippen LogP contribution in [0.5, 0.6) is 0 Å². The van der Waals surface area contributed by atoms with Gasteiger partial charge in [0.05, 0.1) is 32.9 Å². The molecule has 20 rings (SSSR count). The largest absolute Gasteiger partial charge is 0.292 e. The van der Waals surface area contributed by atoms with Crippen molar-refractivity contribution in [3.05, 3.63) is 384 Å². The van der Waals surface area contributed by atoms with E-state index in [1.807, 2.05) is 0 Å². The maximum Gasteiger partial charge on any atom is 0.145 e. The van der Waals surface area contributed by atoms with E-state index in [0.29, 0.717) is 0 Å². The quantitative estimate of drug-likeness (QED) is 0.149. The van der Waals surface area contributed by atoms with Gasteiger partial charge in [-0.2, -0.15) is 0 Å². The molecule has 0 saturated carbocycles. The van der Waals surface area contributed by atoms with Crippen molar-refractivity contribution in [2.45, 2.75) is 23.2 Å². The molecule has 14 aromatic carbocycles. The molecule has 4 aliphatic carbocycles. The summed E-state index contributed by atoms with van der Waals surface area (Å²) in [4.78, 5) is 10.6. The normalized spacial score (nSPS) is 16.1. The van der Waals surface area contributed by atoms with E-state index in [-0.39, 0.29) is 5.92 Å². The molecule has 2 heterocycles. The third kappa shape index (κ3) is 7.28. The van der Waals surface area contributed by atoms with Crippen LogP contribution in [0.1, 0.15) is 56.8 Å². The molecule has 2 spiro atoms. The van der Waals surface area contributed by atoms with Crippen molar-refractivity contribution in [3.8, 4) is 78.7 Å². The maximum absolute atomic E-state index is 5.31. The standard InChI is InChI=1S/C90H58N4/c1-3-23-63(24-4-1)93-83-41-21-19-39-81(83)91-87(93)59-47-43-57(44-48-59)85-69-31-7-8-32-70(69)86(58-45-49-60(50-46-58)88-92-82-40-20-22-42-84(82)94(88)64-25-5-2-6-26-64)72-55-61(51-53-71(72)85)62-52-54-79-80(56-62)90(75-35-15-11-29-67(75)68-30-12-16-36-76(68)90)78-38-18-17-37-77(78)89(79)73-33-13-9-27-65(73)66-28-10-14-34-74(66)89/h1-27,29-56,66H,28H2/t66-,89+/m1/s1. The number of benzene rings is 14. The molecule has 0 amide bonds. The second kappa shape index (κ2) is 20.3. The Morgan fingerprint density at radius 2 is 0.734 bits per heavy atom. The predicted molar refractivity (Wildman–Crippen MR) is 386 cm³/mol. The summed E-state index contributed by atoms with van der Waals surface area (Å²) in [5.74, 6) is 2.09. The number of imidazole rings is 2. The van der Waals surface area contributed by atoms with Gasteiger partial charge in [-0.15, -0.1) is 0 Å². The lowest BCUT2D eigenvalue weighted by molar-refractivity contribution is 0.609. The molecule has 16 aromatic rings. The number of allylic oxidation sites excluding steroid dienone is 4. The monoisotopic (exact) mass is 1190 g/mol. The van der Waals surface area contributed by atoms with E-state index in [0.717, 1.165) is 79.3 Å². The number of aromatic nitrogens is 4. The van der Waals surface area contributed by atoms with E-state index >= 15 is 0 Å². The molecular formula is C90H58N4. The van der Waals surface area contributed by atoms with Crippen LogP contribution in [0.2, 0.25) is 0 Å². The summed E-state index contributed by atoms with van der Waals surface area (Å²) in [5, 5.41) is 4.75. The first-order valence-corrected chi connectivity index (χ1v) is 32.8. The van der Waals surface area contributed by atoms with Gasteiger partial charge in [0.25, 0.3) is 0 Å². The summed E-state index contributed by atoms with van der Waals surface area (Å²) >= 11 is 0. The average Bonchev–Trinajstić information content (AvgIpc) is 1.41. The van der Waals surface area contributed by atoms with Crippen LogP contribution in [0.15, 0.2) is 339 Å². The van der Waals surface area contributed by atoms with E-state index in [4.69, 9.17) is 9.97 Å². The molecule has 2 atom stereocenters. The second-order valence-electron chi connectivity index (χ2n) is 25.7. The highest BCUT2D eigenvalue weighted by atomic mass is 15.1. The fraction of sp³-hybridized carbons (Fsp3) is 0.0444. The zero-order chi connectivity index (χ0) is 61.6. The Bertz CT molecular complexity index is 5840. The SMILES string of the molecule is C1=CC[C@H]2C(=C1)[C@@]1(c3ccccc32)c2ccccc2C2(c3ccccc3-c3ccccc32)c2cc(-c3ccc4c(-c5ccc(-c6nc7ccccc7n6-c6ccccc6)cc5)c5ccccc5c(-c5ccc(-c6nc7ccccc7n6-c6ccccc6)cc5)c4c3)ccc21. The van der Waals surface area contributed by atoms with Crippen molar-refractivity contribution in [1.29, 1.82) is 0 Å². The summed E-state index contributed by atoms with van der Waals surface area (Å²) in [7, 11) is 0. The highest BCUT2D eigenvalue weighted by Gasteiger charge is 2.60. The molecule has 94 heavy (non-hydrogen) atoms. The summed E-state index contributed by atoms with van der Waals surface area (Å²) < 4.78 is 4.57. The van der Waals surface area contributed by atoms with Crippen molar-refractivity contribution in [3.63, 3.8) is 0 Å². The van der Waals surface area contributed by atoms with Crippen LogP contribution in [0, 0.1) is 0 Å². The molecule has 4 aliphatic rings. The smallest absolute Gasteiger partial charge is 0.145 e. The van der Waals surface area contributed by atoms with Crippen LogP contribution in [-0.4, -0.2) is 19.1 Å². The first-order chi connectivity index (χ1) is 46.6. The third-order valence-corrected chi connectivity index (χ3v) is 21.2. The maximum atomic E-state index is 5.31. The van der Waals surface area contributed by atoms with Gasteiger partial charge in [0, 0.05) is 28.4 Å². The molecule has 4 nitrogen and oxygen atoms in total. The Hall–Kier alpha value is -12.0. The first-order valence-electron chi connectivity index (χ1n) is 32.8. The molecular weight excluding hydrogens is 1140 g/mol. The Morgan fingerprint density at radius 1 is 0.309 bits per heavy atom. The topological polar surface area (TPSA) is 35.6 Å². The number of fused-ring (bicyclic) bond motifs is 20. The highest BCUT2D eigenvalue weighted by Crippen LogP contribution is 2.69. The van der Waals surface area contributed by atoms with Crippen LogP contribution in [-0.2, 0) is 10.8 Å². The minimum atomic E-state index is -0.607. The summed E-state index contributed by atoms with van der Waals surface area (Å²) in [6, 6.07) is 118. The third-order valence-electron chi connectivity index (χ3n) is 21.2. The van der Waals surface area contributed by atoms with Gasteiger partial charge >= 0.3 is 0 Å². The van der Waals surface area contributed by atoms with E-state index in [1.54, 1.807) is 0 Å². The van der Waals surface area contributed by atoms with E-state index in [9.17, 15) is 0 Å². The zero-order valence-electron chi connectivity index (χ0n) is 51.3. The molecule has 0 bridgehead atoms. The minimum absolute atomic E-state index is 0.273. The van der Waals surface area contributed by atoms with Crippen molar-refractivity contribution >= 4 is 43.6 Å². The summed E-state index contributed by atoms with van der Waals surface area (Å²) in [6.07, 6.45) is 8.13. The van der Waals surface area contributed by atoms with Crippen molar-refractivity contribution in [2.24, 2.45) is 0 Å². The minimum Gasteiger partial charge on any atom is -0.292 e. The van der Waals surface area contributed by atoms with Gasteiger partial charge < -0.3 is 0 Å². The van der Waals surface area contributed by atoms with Crippen LogP contribution in [0.25, 0.3) is 122 Å². The van der Waals surface area contributed by atoms with Crippen LogP contribution >= 0.6 is 0 Å². The Labute approximate surface area is 545 Å². The van der Waals surface area contributed by atoms with Crippen molar-refractivity contribution in [1.82, 2.24) is 19.1 Å². The first kappa shape index (κ1) is 52.8. The lowest BCUT2D eigenvalue weighted by Crippen LogP contribution is -2.44. The fourth-order valence-corrected chi connectivity index (χ4v) is 17.5. The van der Waals surface area contributed by atoms with Gasteiger partial charge in [0.1, 0.15) is 11.6 Å². The molecule has 0 saturated heterocycles. The van der Waals surface area contributed by atoms with Gasteiger partial charge in [-0.3, -0.25) is 9.13 Å². The number of nitrogens with zero attached hydrogens (tertiary/aromatic N) is 4. The Kier molecular flexibility index (Phi) is 11.4. The van der Waals surface area contributed by atoms with Gasteiger partial charge in [-0.1, -0.05) is 273 Å². The van der Waals surface area contributed by atoms with Crippen LogP contribution in [0.4, 0.5) is 0 Å². The Morgan fingerprint density at radius 3 is 1.33 bits per heavy atom. The number of para-hydroxylation sites is 6. The number of hydrogen-bond donors (Lipinski definition) is 0. The molecule has 0 N–H and O–H groups in total. The Balaban J connectivity index is 0.831. The molecule has 0 unspecified atom stereocenters. The fourth-order valence-electron chi connectivity index (χ4n) is 17.5. The molecule has 0 radical (unpaired) electrons. The average molecular weight is 1200 g/mol. The lowest BCUT2D eigenvalue weighted by atomic mass is 9.51. The van der Waals surface area contributed by atoms with Gasteiger partial charge in [0.15, 0.2) is 0 Å². The molecule has 0 fully saturated rings. The second-order valence-corrected chi connectivity index (χ2v) is 25.7. The lowest BCUT2D eigenvalue weighted by Gasteiger charge is -2.49. The van der Waals surface area contributed by atoms with Gasteiger partial charge in [-0.05, 0) is 183 Å². The molecule has 2 aromatic heterocycles. The summed E-state index contributed by atoms with van der Waals surface area (Å²) in [6.45, 7) is 0. The highest BCUT2D eigenvalue weighted by molar-refractivity contribution is 6.22. The molecule has 4 heteroatoms. The van der Waals surface area contributed by atoms with E-state index < -0.39 is 10.8 Å².